The lowest BCUT2D eigenvalue weighted by atomic mass is 10.1. The van der Waals surface area contributed by atoms with Gasteiger partial charge in [0.25, 0.3) is 5.56 Å². The number of alkyl halides is 1. The highest BCUT2D eigenvalue weighted by Crippen LogP contribution is 2.54. The molecule has 45 heavy (non-hydrogen) atoms. The van der Waals surface area contributed by atoms with E-state index < -0.39 is 81.4 Å². The summed E-state index contributed by atoms with van der Waals surface area (Å²) in [5.74, 6) is -0.171. The predicted molar refractivity (Wildman–Crippen MR) is 156 cm³/mol. The smallest absolute Gasteiger partial charge is 0.325 e. The van der Waals surface area contributed by atoms with Gasteiger partial charge in [0.15, 0.2) is 41.3 Å². The van der Waals surface area contributed by atoms with Crippen LogP contribution in [-0.4, -0.2) is 104 Å². The van der Waals surface area contributed by atoms with Crippen LogP contribution in [-0.2, 0) is 51.2 Å². The van der Waals surface area contributed by atoms with E-state index >= 15 is 4.39 Å². The maximum absolute atomic E-state index is 16.0. The fourth-order valence-electron chi connectivity index (χ4n) is 5.26. The molecule has 3 aliphatic heterocycles. The van der Waals surface area contributed by atoms with E-state index in [0.717, 1.165) is 0 Å². The van der Waals surface area contributed by atoms with Crippen LogP contribution in [0.4, 0.5) is 16.2 Å². The molecule has 7 rings (SSSR count). The first-order chi connectivity index (χ1) is 21.3. The third-order valence-electron chi connectivity index (χ3n) is 7.28. The first-order valence-electron chi connectivity index (χ1n) is 12.9. The fourth-order valence-corrected chi connectivity index (χ4v) is 8.11. The molecule has 2 bridgehead atoms. The van der Waals surface area contributed by atoms with Crippen molar-refractivity contribution in [1.82, 2.24) is 39.0 Å². The van der Waals surface area contributed by atoms with Crippen molar-refractivity contribution in [3.63, 3.8) is 0 Å². The quantitative estimate of drug-likeness (QED) is 0.134. The Morgan fingerprint density at radius 3 is 2.27 bits per heavy atom. The van der Waals surface area contributed by atoms with Gasteiger partial charge in [0.05, 0.1) is 25.9 Å². The molecule has 8 N–H and O–H groups in total. The monoisotopic (exact) mass is 708 g/mol. The number of hydrogen-bond donors (Lipinski definition) is 6. The maximum Gasteiger partial charge on any atom is 0.325 e. The minimum absolute atomic E-state index is 0.0335. The lowest BCUT2D eigenvalue weighted by molar-refractivity contribution is -0.0602. The molecule has 242 valence electrons. The average Bonchev–Trinajstić information content (AvgIpc) is 3.72. The summed E-state index contributed by atoms with van der Waals surface area (Å²) in [5.41, 5.74) is 11.1. The zero-order chi connectivity index (χ0) is 31.8. The molecule has 0 spiro atoms. The van der Waals surface area contributed by atoms with Crippen LogP contribution in [0.1, 0.15) is 12.5 Å². The molecule has 0 aromatic carbocycles. The molecule has 4 aromatic rings. The molecule has 3 aliphatic rings. The van der Waals surface area contributed by atoms with Crippen LogP contribution < -0.4 is 17.0 Å². The van der Waals surface area contributed by atoms with Crippen LogP contribution >= 0.6 is 13.4 Å². The molecular weight excluding hydrogens is 685 g/mol. The number of ether oxygens (including phenoxy) is 2. The zero-order valence-electron chi connectivity index (χ0n) is 22.3. The second kappa shape index (κ2) is 11.3. The Hall–Kier alpha value is -2.63. The van der Waals surface area contributed by atoms with Crippen molar-refractivity contribution < 1.29 is 46.9 Å². The Labute approximate surface area is 259 Å². The summed E-state index contributed by atoms with van der Waals surface area (Å²) in [6.07, 6.45) is -8.39. The number of rotatable bonds is 2. The van der Waals surface area contributed by atoms with Crippen molar-refractivity contribution in [3.05, 3.63) is 29.3 Å². The van der Waals surface area contributed by atoms with E-state index in [-0.39, 0.29) is 34.1 Å². The van der Waals surface area contributed by atoms with E-state index in [1.807, 2.05) is 0 Å². The Morgan fingerprint density at radius 2 is 1.53 bits per heavy atom. The Balaban J connectivity index is 1.21. The Morgan fingerprint density at radius 1 is 0.911 bits per heavy atom. The fraction of sp³-hybridized carbons (Fsp3) is 0.500. The van der Waals surface area contributed by atoms with Crippen LogP contribution in [0.25, 0.3) is 22.3 Å². The molecule has 3 fully saturated rings. The van der Waals surface area contributed by atoms with Crippen molar-refractivity contribution in [2.45, 2.75) is 49.1 Å². The largest absolute Gasteiger partial charge is 0.387 e. The minimum atomic E-state index is -4.27. The summed E-state index contributed by atoms with van der Waals surface area (Å²) in [5, 5.41) is 11.1. The second-order valence-electron chi connectivity index (χ2n) is 10.1. The predicted octanol–water partition coefficient (Wildman–Crippen LogP) is -1.13. The van der Waals surface area contributed by atoms with E-state index in [0.29, 0.717) is 0 Å². The molecule has 4 aromatic heterocycles. The lowest BCUT2D eigenvalue weighted by Gasteiger charge is -2.27. The second-order valence-corrected chi connectivity index (χ2v) is 15.7. The number of anilines is 2. The highest BCUT2D eigenvalue weighted by molar-refractivity contribution is 8.07. The first kappa shape index (κ1) is 31.0. The van der Waals surface area contributed by atoms with Crippen LogP contribution in [0, 0.1) is 0 Å². The molecule has 25 heteroatoms. The van der Waals surface area contributed by atoms with Crippen LogP contribution in [0.5, 0.6) is 0 Å². The van der Waals surface area contributed by atoms with Crippen molar-refractivity contribution in [2.24, 2.45) is 0 Å². The number of imidazole rings is 2. The summed E-state index contributed by atoms with van der Waals surface area (Å²) < 4.78 is 52.6. The highest BCUT2D eigenvalue weighted by atomic mass is 32.5. The molecule has 7 heterocycles. The molecule has 0 amide bonds. The van der Waals surface area contributed by atoms with Crippen LogP contribution in [0.2, 0.25) is 0 Å². The number of nitrogens with two attached hydrogens (primary N) is 2. The molecule has 4 unspecified atom stereocenters. The number of halogens is 1. The van der Waals surface area contributed by atoms with Gasteiger partial charge in [0.1, 0.15) is 42.4 Å². The highest BCUT2D eigenvalue weighted by Gasteiger charge is 2.53. The molecule has 20 nitrogen and oxygen atoms in total. The minimum Gasteiger partial charge on any atom is -0.387 e. The molecule has 3 saturated heterocycles. The summed E-state index contributed by atoms with van der Waals surface area (Å²) in [7, 11) is 0. The number of nitrogens with one attached hydrogen (secondary N) is 1. The lowest BCUT2D eigenvalue weighted by Crippen LogP contribution is -2.35. The number of H-pyrrole nitrogens is 1. The van der Waals surface area contributed by atoms with Gasteiger partial charge < -0.3 is 44.9 Å². The van der Waals surface area contributed by atoms with Crippen molar-refractivity contribution in [3.8, 4) is 0 Å². The van der Waals surface area contributed by atoms with Gasteiger partial charge >= 0.3 is 13.4 Å². The van der Waals surface area contributed by atoms with Crippen LogP contribution in [0.3, 0.4) is 0 Å². The number of nitrogen functional groups attached to an aromatic ring is 2. The standard InChI is InChI=1S/C20H23FN10O10P2S2/c21-8-12-7(39-18(8)30-4-26-9-14(22)24-3-25-15(9)30)2-37-43(35,45)41-13-11(32)6(1-36-42(34,44)40-12)38-19(13)31-5-27-10-16(31)28-20(23)29-17(10)33/h3-8,11-13,18-19,32H,1-2H2,(H,34,44)(H,35,45)(H2,22,24,25)(H3,23,28,29,33)/t6-,7-,8+,11+,12?,13?,18-,19-,42?,43?/m1/s1. The Kier molecular flexibility index (Phi) is 7.76. The topological polar surface area (TPSA) is 275 Å². The van der Waals surface area contributed by atoms with E-state index in [9.17, 15) is 19.7 Å². The van der Waals surface area contributed by atoms with Gasteiger partial charge in [-0.3, -0.25) is 28.0 Å². The van der Waals surface area contributed by atoms with E-state index in [1.54, 1.807) is 0 Å². The van der Waals surface area contributed by atoms with Gasteiger partial charge in [0.2, 0.25) is 5.95 Å². The van der Waals surface area contributed by atoms with E-state index in [2.05, 4.69) is 29.9 Å². The van der Waals surface area contributed by atoms with E-state index in [1.165, 1.54) is 28.1 Å². The van der Waals surface area contributed by atoms with Gasteiger partial charge in [0, 0.05) is 0 Å². The average molecular weight is 709 g/mol. The number of aliphatic hydroxyl groups is 1. The van der Waals surface area contributed by atoms with Gasteiger partial charge in [-0.25, -0.2) is 24.3 Å². The molecular formula is C20H23FN10O10P2S2. The van der Waals surface area contributed by atoms with Gasteiger partial charge in [-0.05, 0) is 23.6 Å². The van der Waals surface area contributed by atoms with Gasteiger partial charge in [-0.2, -0.15) is 4.98 Å². The molecule has 0 radical (unpaired) electrons. The maximum atomic E-state index is 16.0. The molecule has 0 aliphatic carbocycles. The summed E-state index contributed by atoms with van der Waals surface area (Å²) >= 11 is 10.4. The summed E-state index contributed by atoms with van der Waals surface area (Å²) in [6, 6.07) is 0. The van der Waals surface area contributed by atoms with Crippen LogP contribution in [0.15, 0.2) is 23.8 Å². The third kappa shape index (κ3) is 5.56. The number of fused-ring (bicyclic) bond motifs is 5. The molecule has 0 saturated carbocycles. The SMILES string of the molecule is Nc1nc2c(ncn2[C@@H]2O[C@@H]3COP(O)(=S)OC4[C@@H](COP(O)(=S)OC2[C@H]3O)O[C@@H](n2cnc3c(N)ncnc32)[C@H]4F)c(=O)[nH]1. The third-order valence-corrected chi connectivity index (χ3v) is 10.4. The number of aromatic amines is 1. The van der Waals surface area contributed by atoms with Crippen molar-refractivity contribution in [2.75, 3.05) is 24.7 Å². The van der Waals surface area contributed by atoms with Gasteiger partial charge in [-0.15, -0.1) is 0 Å². The zero-order valence-corrected chi connectivity index (χ0v) is 25.8. The number of nitrogens with zero attached hydrogens (tertiary/aromatic N) is 7. The van der Waals surface area contributed by atoms with Crippen molar-refractivity contribution in [1.29, 1.82) is 0 Å². The first-order valence-corrected chi connectivity index (χ1v) is 18.1. The number of aliphatic hydroxyl groups excluding tert-OH is 1. The number of hydrogen-bond acceptors (Lipinski definition) is 17. The summed E-state index contributed by atoms with van der Waals surface area (Å²) in [4.78, 5) is 56.8. The van der Waals surface area contributed by atoms with E-state index in [4.69, 9.17) is 62.6 Å². The normalized spacial score (nSPS) is 37.7. The van der Waals surface area contributed by atoms with Crippen molar-refractivity contribution >= 4 is 71.1 Å². The Bertz CT molecular complexity index is 1950. The van der Waals surface area contributed by atoms with Gasteiger partial charge in [-0.1, -0.05) is 0 Å². The summed E-state index contributed by atoms with van der Waals surface area (Å²) in [6.45, 7) is -9.73. The molecule has 10 atom stereocenters. The number of aromatic nitrogens is 8.